The van der Waals surface area contributed by atoms with Gasteiger partial charge in [-0.15, -0.1) is 0 Å². The van der Waals surface area contributed by atoms with E-state index in [2.05, 4.69) is 5.32 Å². The second-order valence-corrected chi connectivity index (χ2v) is 6.68. The quantitative estimate of drug-likeness (QED) is 0.753. The summed E-state index contributed by atoms with van der Waals surface area (Å²) in [5, 5.41) is 3.56. The second kappa shape index (κ2) is 4.97. The molecule has 110 valence electrons. The topological polar surface area (TPSA) is 46.2 Å². The lowest BCUT2D eigenvalue weighted by molar-refractivity contribution is -0.129. The highest BCUT2D eigenvalue weighted by molar-refractivity contribution is 6.13. The number of carbonyl (C=O) groups is 2. The van der Waals surface area contributed by atoms with Gasteiger partial charge in [-0.1, -0.05) is 29.9 Å². The van der Waals surface area contributed by atoms with Crippen molar-refractivity contribution in [2.24, 2.45) is 17.8 Å². The van der Waals surface area contributed by atoms with Crippen LogP contribution >= 0.6 is 0 Å². The van der Waals surface area contributed by atoms with Gasteiger partial charge in [-0.05, 0) is 38.5 Å². The van der Waals surface area contributed by atoms with Gasteiger partial charge in [0.15, 0.2) is 11.6 Å². The number of nitrogens with one attached hydrogen (secondary N) is 1. The highest BCUT2D eigenvalue weighted by Crippen LogP contribution is 2.40. The lowest BCUT2D eigenvalue weighted by Crippen LogP contribution is -2.44. The first kappa shape index (κ1) is 13.1. The number of hydrogen-bond donors (Lipinski definition) is 1. The van der Waals surface area contributed by atoms with Crippen LogP contribution in [0.15, 0.2) is 35.6 Å². The molecule has 1 heterocycles. The van der Waals surface area contributed by atoms with E-state index in [-0.39, 0.29) is 29.4 Å². The summed E-state index contributed by atoms with van der Waals surface area (Å²) < 4.78 is 0. The van der Waals surface area contributed by atoms with Crippen molar-refractivity contribution in [3.63, 3.8) is 0 Å². The van der Waals surface area contributed by atoms with Crippen LogP contribution in [0.5, 0.6) is 0 Å². The monoisotopic (exact) mass is 283 g/mol. The highest BCUT2D eigenvalue weighted by Gasteiger charge is 2.51. The average molecular weight is 283 g/mol. The Bertz CT molecular complexity index is 554. The molecule has 1 aliphatic heterocycles. The van der Waals surface area contributed by atoms with E-state index in [1.807, 2.05) is 24.3 Å². The van der Waals surface area contributed by atoms with Gasteiger partial charge in [0.1, 0.15) is 0 Å². The van der Waals surface area contributed by atoms with Gasteiger partial charge in [0.05, 0.1) is 17.8 Å². The van der Waals surface area contributed by atoms with Crippen LogP contribution in [0.1, 0.15) is 38.5 Å². The molecule has 3 heteroatoms. The number of rotatable bonds is 1. The van der Waals surface area contributed by atoms with Crippen LogP contribution in [0.4, 0.5) is 0 Å². The number of hydrogen-bond acceptors (Lipinski definition) is 3. The van der Waals surface area contributed by atoms with Gasteiger partial charge < -0.3 is 5.32 Å². The number of carbonyl (C=O) groups excluding carboxylic acids is 2. The van der Waals surface area contributed by atoms with E-state index in [4.69, 9.17) is 0 Å². The maximum Gasteiger partial charge on any atom is 0.153 e. The van der Waals surface area contributed by atoms with Crippen molar-refractivity contribution in [2.75, 3.05) is 0 Å². The Balaban J connectivity index is 1.58. The molecule has 3 atom stereocenters. The maximum atomic E-state index is 12.6. The fraction of sp³-hybridized carbons (Fsp3) is 0.556. The molecule has 0 saturated heterocycles. The second-order valence-electron chi connectivity index (χ2n) is 6.68. The Morgan fingerprint density at radius 2 is 1.57 bits per heavy atom. The van der Waals surface area contributed by atoms with Crippen molar-refractivity contribution >= 4 is 11.6 Å². The molecule has 0 aromatic heterocycles. The Labute approximate surface area is 125 Å². The molecule has 0 aromatic rings. The predicted molar refractivity (Wildman–Crippen MR) is 80.4 cm³/mol. The largest absolute Gasteiger partial charge is 0.384 e. The molecule has 1 saturated carbocycles. The first-order valence-electron chi connectivity index (χ1n) is 8.15. The molecule has 4 aliphatic rings. The molecular formula is C18H21NO2. The van der Waals surface area contributed by atoms with Crippen LogP contribution < -0.4 is 5.32 Å². The minimum atomic E-state index is -0.441. The summed E-state index contributed by atoms with van der Waals surface area (Å²) in [6, 6.07) is 0.0225. The summed E-state index contributed by atoms with van der Waals surface area (Å²) in [6.07, 6.45) is 14.4. The molecule has 3 nitrogen and oxygen atoms in total. The Morgan fingerprint density at radius 3 is 2.29 bits per heavy atom. The minimum Gasteiger partial charge on any atom is -0.384 e. The average Bonchev–Trinajstić information content (AvgIpc) is 2.79. The molecule has 3 aliphatic carbocycles. The Kier molecular flexibility index (Phi) is 3.09. The maximum absolute atomic E-state index is 12.6. The van der Waals surface area contributed by atoms with Crippen LogP contribution in [0.3, 0.4) is 0 Å². The van der Waals surface area contributed by atoms with Gasteiger partial charge in [0, 0.05) is 11.7 Å². The predicted octanol–water partition coefficient (Wildman–Crippen LogP) is 2.69. The van der Waals surface area contributed by atoms with Crippen molar-refractivity contribution in [3.8, 4) is 0 Å². The lowest BCUT2D eigenvalue weighted by Gasteiger charge is -2.34. The molecule has 0 radical (unpaired) electrons. The third kappa shape index (κ3) is 2.02. The first-order valence-corrected chi connectivity index (χ1v) is 8.15. The standard InChI is InChI=1S/C18H21NO2/c20-17-12-6-2-3-7-13(12)18(21)16(17)15-10-9-11-5-1-4-8-14(11)19-15/h2-3,6-7,12-13,15-16,19H,1,4-5,8-10H2. The third-order valence-electron chi connectivity index (χ3n) is 5.51. The van der Waals surface area contributed by atoms with Gasteiger partial charge in [0.2, 0.25) is 0 Å². The zero-order valence-corrected chi connectivity index (χ0v) is 12.2. The van der Waals surface area contributed by atoms with E-state index >= 15 is 0 Å². The molecular weight excluding hydrogens is 262 g/mol. The summed E-state index contributed by atoms with van der Waals surface area (Å²) in [5.41, 5.74) is 2.87. The van der Waals surface area contributed by atoms with Gasteiger partial charge in [-0.3, -0.25) is 9.59 Å². The van der Waals surface area contributed by atoms with Gasteiger partial charge in [0.25, 0.3) is 0 Å². The van der Waals surface area contributed by atoms with Crippen molar-refractivity contribution in [2.45, 2.75) is 44.6 Å². The van der Waals surface area contributed by atoms with Crippen LogP contribution in [-0.4, -0.2) is 17.6 Å². The van der Waals surface area contributed by atoms with Crippen molar-refractivity contribution in [3.05, 3.63) is 35.6 Å². The SMILES string of the molecule is O=C1C2C=CC=CC2C(=O)C1C1CCC2=C(CCCC2)N1. The van der Waals surface area contributed by atoms with Crippen molar-refractivity contribution in [1.29, 1.82) is 0 Å². The molecule has 0 amide bonds. The molecule has 3 unspecified atom stereocenters. The number of ketones is 2. The molecule has 1 fully saturated rings. The summed E-state index contributed by atoms with van der Waals surface area (Å²) in [7, 11) is 0. The van der Waals surface area contributed by atoms with E-state index < -0.39 is 5.92 Å². The van der Waals surface area contributed by atoms with Crippen LogP contribution in [0, 0.1) is 17.8 Å². The molecule has 21 heavy (non-hydrogen) atoms. The molecule has 4 rings (SSSR count). The van der Waals surface area contributed by atoms with Gasteiger partial charge in [-0.25, -0.2) is 0 Å². The van der Waals surface area contributed by atoms with Gasteiger partial charge >= 0.3 is 0 Å². The lowest BCUT2D eigenvalue weighted by atomic mass is 9.82. The number of allylic oxidation sites excluding steroid dienone is 6. The van der Waals surface area contributed by atoms with E-state index in [0.29, 0.717) is 0 Å². The van der Waals surface area contributed by atoms with E-state index in [1.165, 1.54) is 30.5 Å². The summed E-state index contributed by atoms with van der Waals surface area (Å²) in [5.74, 6) is -0.610. The zero-order valence-electron chi connectivity index (χ0n) is 12.2. The van der Waals surface area contributed by atoms with Crippen LogP contribution in [0.25, 0.3) is 0 Å². The van der Waals surface area contributed by atoms with Crippen molar-refractivity contribution < 1.29 is 9.59 Å². The van der Waals surface area contributed by atoms with Crippen LogP contribution in [0.2, 0.25) is 0 Å². The zero-order chi connectivity index (χ0) is 14.4. The Hall–Kier alpha value is -1.64. The van der Waals surface area contributed by atoms with E-state index in [0.717, 1.165) is 19.3 Å². The van der Waals surface area contributed by atoms with Gasteiger partial charge in [-0.2, -0.15) is 0 Å². The van der Waals surface area contributed by atoms with Crippen molar-refractivity contribution in [1.82, 2.24) is 5.32 Å². The minimum absolute atomic E-state index is 0.0225. The molecule has 0 aromatic carbocycles. The number of Topliss-reactive ketones (excluding diaryl/α,β-unsaturated/α-hetero) is 2. The van der Waals surface area contributed by atoms with E-state index in [9.17, 15) is 9.59 Å². The normalized spacial score (nSPS) is 38.3. The third-order valence-corrected chi connectivity index (χ3v) is 5.51. The van der Waals surface area contributed by atoms with E-state index in [1.54, 1.807) is 0 Å². The first-order chi connectivity index (χ1) is 10.3. The molecule has 1 N–H and O–H groups in total. The summed E-state index contributed by atoms with van der Waals surface area (Å²) in [6.45, 7) is 0. The fourth-order valence-corrected chi connectivity index (χ4v) is 4.40. The number of fused-ring (bicyclic) bond motifs is 1. The summed E-state index contributed by atoms with van der Waals surface area (Å²) >= 11 is 0. The Morgan fingerprint density at radius 1 is 0.905 bits per heavy atom. The highest BCUT2D eigenvalue weighted by atomic mass is 16.2. The summed E-state index contributed by atoms with van der Waals surface area (Å²) in [4.78, 5) is 25.3. The molecule has 0 spiro atoms. The smallest absolute Gasteiger partial charge is 0.153 e. The van der Waals surface area contributed by atoms with Crippen LogP contribution in [-0.2, 0) is 9.59 Å². The fourth-order valence-electron chi connectivity index (χ4n) is 4.40. The molecule has 0 bridgehead atoms.